The number of pyridine rings is 1. The quantitative estimate of drug-likeness (QED) is 0.873. The number of aromatic nitrogens is 1. The molecule has 1 aromatic heterocycles. The summed E-state index contributed by atoms with van der Waals surface area (Å²) in [6, 6.07) is 10.6. The fourth-order valence-corrected chi connectivity index (χ4v) is 1.79. The summed E-state index contributed by atoms with van der Waals surface area (Å²) in [7, 11) is 0. The summed E-state index contributed by atoms with van der Waals surface area (Å²) in [6.07, 6.45) is 3.49. The Morgan fingerprint density at radius 1 is 1.32 bits per heavy atom. The zero-order valence-electron chi connectivity index (χ0n) is 10.8. The summed E-state index contributed by atoms with van der Waals surface area (Å²) < 4.78 is 0. The Bertz CT molecular complexity index is 554. The molecule has 98 valence electrons. The minimum Gasteiger partial charge on any atom is -0.350 e. The second kappa shape index (κ2) is 6.11. The van der Waals surface area contributed by atoms with Crippen LogP contribution >= 0.6 is 0 Å². The molecule has 4 heteroatoms. The predicted molar refractivity (Wildman–Crippen MR) is 74.2 cm³/mol. The molecule has 1 amide bonds. The van der Waals surface area contributed by atoms with Gasteiger partial charge in [-0.25, -0.2) is 0 Å². The Morgan fingerprint density at radius 2 is 2.05 bits per heavy atom. The van der Waals surface area contributed by atoms with Gasteiger partial charge in [0.2, 0.25) is 5.91 Å². The van der Waals surface area contributed by atoms with Crippen molar-refractivity contribution < 1.29 is 4.79 Å². The third-order valence-corrected chi connectivity index (χ3v) is 3.04. The molecule has 0 aliphatic carbocycles. The summed E-state index contributed by atoms with van der Waals surface area (Å²) in [6.45, 7) is 2.43. The van der Waals surface area contributed by atoms with Gasteiger partial charge >= 0.3 is 0 Å². The van der Waals surface area contributed by atoms with Gasteiger partial charge in [-0.3, -0.25) is 9.78 Å². The van der Waals surface area contributed by atoms with Crippen molar-refractivity contribution in [3.05, 3.63) is 65.5 Å². The molecule has 2 rings (SSSR count). The van der Waals surface area contributed by atoms with Crippen LogP contribution in [0.15, 0.2) is 48.8 Å². The van der Waals surface area contributed by atoms with Crippen LogP contribution in [0.3, 0.4) is 0 Å². The van der Waals surface area contributed by atoms with E-state index in [0.717, 1.165) is 16.7 Å². The van der Waals surface area contributed by atoms with Gasteiger partial charge in [0.05, 0.1) is 0 Å². The molecule has 0 saturated heterocycles. The maximum atomic E-state index is 12.0. The van der Waals surface area contributed by atoms with Crippen LogP contribution < -0.4 is 11.1 Å². The zero-order chi connectivity index (χ0) is 13.7. The van der Waals surface area contributed by atoms with E-state index in [1.807, 2.05) is 43.3 Å². The van der Waals surface area contributed by atoms with Crippen LogP contribution in [0.2, 0.25) is 0 Å². The Kier molecular flexibility index (Phi) is 4.26. The van der Waals surface area contributed by atoms with E-state index < -0.39 is 6.04 Å². The molecule has 3 N–H and O–H groups in total. The number of benzene rings is 1. The summed E-state index contributed by atoms with van der Waals surface area (Å²) >= 11 is 0. The number of nitrogens with two attached hydrogens (primary N) is 1. The van der Waals surface area contributed by atoms with Crippen molar-refractivity contribution in [3.63, 3.8) is 0 Å². The van der Waals surface area contributed by atoms with E-state index in [2.05, 4.69) is 10.3 Å². The average molecular weight is 255 g/mol. The lowest BCUT2D eigenvalue weighted by Gasteiger charge is -2.13. The molecule has 0 saturated carbocycles. The van der Waals surface area contributed by atoms with Crippen molar-refractivity contribution in [1.82, 2.24) is 10.3 Å². The highest BCUT2D eigenvalue weighted by atomic mass is 16.2. The standard InChI is InChI=1S/C15H17N3O/c1-11-7-8-17-9-13(11)10-18-15(19)14(16)12-5-3-2-4-6-12/h2-9,14H,10,16H2,1H3,(H,18,19)/t14-/m1/s1. The van der Waals surface area contributed by atoms with Crippen LogP contribution in [0.5, 0.6) is 0 Å². The van der Waals surface area contributed by atoms with E-state index in [4.69, 9.17) is 5.73 Å². The van der Waals surface area contributed by atoms with Gasteiger partial charge in [-0.05, 0) is 29.7 Å². The first-order valence-corrected chi connectivity index (χ1v) is 6.16. The van der Waals surface area contributed by atoms with Crippen molar-refractivity contribution in [2.45, 2.75) is 19.5 Å². The van der Waals surface area contributed by atoms with E-state index >= 15 is 0 Å². The lowest BCUT2D eigenvalue weighted by atomic mass is 10.1. The molecular formula is C15H17N3O. The van der Waals surface area contributed by atoms with Crippen molar-refractivity contribution in [2.75, 3.05) is 0 Å². The van der Waals surface area contributed by atoms with Crippen LogP contribution in [0.25, 0.3) is 0 Å². The summed E-state index contributed by atoms with van der Waals surface area (Å²) in [5.41, 5.74) is 8.82. The molecule has 0 fully saturated rings. The molecule has 0 radical (unpaired) electrons. The highest BCUT2D eigenvalue weighted by Crippen LogP contribution is 2.10. The maximum Gasteiger partial charge on any atom is 0.241 e. The molecule has 0 aliphatic rings. The number of carbonyl (C=O) groups is 1. The normalized spacial score (nSPS) is 11.9. The number of rotatable bonds is 4. The lowest BCUT2D eigenvalue weighted by Crippen LogP contribution is -2.33. The first kappa shape index (κ1) is 13.2. The Balaban J connectivity index is 1.97. The number of aryl methyl sites for hydroxylation is 1. The summed E-state index contributed by atoms with van der Waals surface area (Å²) in [4.78, 5) is 16.0. The number of nitrogens with one attached hydrogen (secondary N) is 1. The van der Waals surface area contributed by atoms with Crippen molar-refractivity contribution in [2.24, 2.45) is 5.73 Å². The third kappa shape index (κ3) is 3.39. The fourth-order valence-electron chi connectivity index (χ4n) is 1.79. The number of amides is 1. The van der Waals surface area contributed by atoms with E-state index in [-0.39, 0.29) is 5.91 Å². The topological polar surface area (TPSA) is 68.0 Å². The van der Waals surface area contributed by atoms with E-state index in [0.29, 0.717) is 6.54 Å². The molecular weight excluding hydrogens is 238 g/mol. The first-order chi connectivity index (χ1) is 9.18. The molecule has 4 nitrogen and oxygen atoms in total. The Morgan fingerprint density at radius 3 is 2.74 bits per heavy atom. The average Bonchev–Trinajstić information content (AvgIpc) is 2.46. The van der Waals surface area contributed by atoms with Gasteiger partial charge in [-0.2, -0.15) is 0 Å². The van der Waals surface area contributed by atoms with Gasteiger partial charge < -0.3 is 11.1 Å². The molecule has 1 heterocycles. The molecule has 0 unspecified atom stereocenters. The SMILES string of the molecule is Cc1ccncc1CNC(=O)[C@H](N)c1ccccc1. The number of carbonyl (C=O) groups excluding carboxylic acids is 1. The van der Waals surface area contributed by atoms with Gasteiger partial charge in [0.1, 0.15) is 6.04 Å². The molecule has 0 aliphatic heterocycles. The number of nitrogens with zero attached hydrogens (tertiary/aromatic N) is 1. The zero-order valence-corrected chi connectivity index (χ0v) is 10.8. The Hall–Kier alpha value is -2.20. The first-order valence-electron chi connectivity index (χ1n) is 6.16. The van der Waals surface area contributed by atoms with Crippen molar-refractivity contribution in [3.8, 4) is 0 Å². The predicted octanol–water partition coefficient (Wildman–Crippen LogP) is 1.71. The third-order valence-electron chi connectivity index (χ3n) is 3.04. The monoisotopic (exact) mass is 255 g/mol. The molecule has 1 aromatic carbocycles. The van der Waals surface area contributed by atoms with E-state index in [1.165, 1.54) is 0 Å². The van der Waals surface area contributed by atoms with Crippen LogP contribution in [0.1, 0.15) is 22.7 Å². The molecule has 19 heavy (non-hydrogen) atoms. The molecule has 0 bridgehead atoms. The van der Waals surface area contributed by atoms with Crippen LogP contribution in [-0.2, 0) is 11.3 Å². The van der Waals surface area contributed by atoms with Gasteiger partial charge in [-0.1, -0.05) is 30.3 Å². The van der Waals surface area contributed by atoms with Crippen LogP contribution in [0, 0.1) is 6.92 Å². The number of hydrogen-bond donors (Lipinski definition) is 2. The van der Waals surface area contributed by atoms with Gasteiger partial charge in [0.15, 0.2) is 0 Å². The van der Waals surface area contributed by atoms with Crippen LogP contribution in [0.4, 0.5) is 0 Å². The second-order valence-corrected chi connectivity index (χ2v) is 4.41. The number of hydrogen-bond acceptors (Lipinski definition) is 3. The second-order valence-electron chi connectivity index (χ2n) is 4.41. The van der Waals surface area contributed by atoms with Crippen molar-refractivity contribution >= 4 is 5.91 Å². The Labute approximate surface area is 112 Å². The smallest absolute Gasteiger partial charge is 0.241 e. The van der Waals surface area contributed by atoms with Crippen LogP contribution in [-0.4, -0.2) is 10.9 Å². The van der Waals surface area contributed by atoms with Gasteiger partial charge in [-0.15, -0.1) is 0 Å². The van der Waals surface area contributed by atoms with Crippen molar-refractivity contribution in [1.29, 1.82) is 0 Å². The van der Waals surface area contributed by atoms with Gasteiger partial charge in [0, 0.05) is 18.9 Å². The minimum atomic E-state index is -0.641. The summed E-state index contributed by atoms with van der Waals surface area (Å²) in [5.74, 6) is -0.186. The maximum absolute atomic E-state index is 12.0. The summed E-state index contributed by atoms with van der Waals surface area (Å²) in [5, 5.41) is 2.83. The minimum absolute atomic E-state index is 0.186. The van der Waals surface area contributed by atoms with E-state index in [1.54, 1.807) is 12.4 Å². The molecule has 1 atom stereocenters. The highest BCUT2D eigenvalue weighted by molar-refractivity contribution is 5.82. The highest BCUT2D eigenvalue weighted by Gasteiger charge is 2.14. The largest absolute Gasteiger partial charge is 0.350 e. The molecule has 0 spiro atoms. The lowest BCUT2D eigenvalue weighted by molar-refractivity contribution is -0.122. The van der Waals surface area contributed by atoms with E-state index in [9.17, 15) is 4.79 Å². The molecule has 2 aromatic rings. The van der Waals surface area contributed by atoms with Gasteiger partial charge in [0.25, 0.3) is 0 Å². The fraction of sp³-hybridized carbons (Fsp3) is 0.200.